The fourth-order valence-corrected chi connectivity index (χ4v) is 1.97. The molecule has 0 saturated carbocycles. The van der Waals surface area contributed by atoms with Crippen molar-refractivity contribution in [3.8, 4) is 0 Å². The van der Waals surface area contributed by atoms with Gasteiger partial charge >= 0.3 is 5.97 Å². The van der Waals surface area contributed by atoms with Gasteiger partial charge in [-0.2, -0.15) is 0 Å². The van der Waals surface area contributed by atoms with Crippen molar-refractivity contribution >= 4 is 11.8 Å². The number of carboxylic acids is 1. The summed E-state index contributed by atoms with van der Waals surface area (Å²) in [5.41, 5.74) is 0.0744. The van der Waals surface area contributed by atoms with Gasteiger partial charge in [-0.3, -0.25) is 0 Å². The number of anilines is 1. The van der Waals surface area contributed by atoms with Gasteiger partial charge in [-0.1, -0.05) is 0 Å². The Morgan fingerprint density at radius 3 is 3.12 bits per heavy atom. The van der Waals surface area contributed by atoms with Crippen molar-refractivity contribution in [3.63, 3.8) is 0 Å². The predicted molar refractivity (Wildman–Crippen MR) is 63.3 cm³/mol. The van der Waals surface area contributed by atoms with E-state index in [9.17, 15) is 4.79 Å². The molecule has 0 spiro atoms. The quantitative estimate of drug-likeness (QED) is 0.836. The first-order valence-electron chi connectivity index (χ1n) is 5.64. The van der Waals surface area contributed by atoms with E-state index >= 15 is 0 Å². The molecule has 1 fully saturated rings. The van der Waals surface area contributed by atoms with E-state index < -0.39 is 5.97 Å². The summed E-state index contributed by atoms with van der Waals surface area (Å²) < 4.78 is 5.43. The maximum absolute atomic E-state index is 10.8. The fourth-order valence-electron chi connectivity index (χ4n) is 1.97. The molecule has 2 rings (SSSR count). The van der Waals surface area contributed by atoms with Crippen LogP contribution in [0, 0.1) is 0 Å². The number of aromatic nitrogens is 1. The van der Waals surface area contributed by atoms with E-state index in [0.717, 1.165) is 19.4 Å². The molecule has 1 unspecified atom stereocenters. The molecular formula is C12H16N2O3. The smallest absolute Gasteiger partial charge is 0.335 e. The average molecular weight is 236 g/mol. The van der Waals surface area contributed by atoms with Crippen LogP contribution in [0.25, 0.3) is 0 Å². The molecule has 1 saturated heterocycles. The van der Waals surface area contributed by atoms with Crippen LogP contribution < -0.4 is 5.32 Å². The summed E-state index contributed by atoms with van der Waals surface area (Å²) in [6, 6.07) is 3.02. The van der Waals surface area contributed by atoms with Crippen molar-refractivity contribution in [1.82, 2.24) is 4.98 Å². The zero-order valence-electron chi connectivity index (χ0n) is 9.77. The van der Waals surface area contributed by atoms with Crippen molar-refractivity contribution < 1.29 is 14.6 Å². The minimum atomic E-state index is -0.944. The first-order chi connectivity index (χ1) is 8.09. The van der Waals surface area contributed by atoms with Crippen LogP contribution in [-0.4, -0.2) is 34.8 Å². The van der Waals surface area contributed by atoms with Gasteiger partial charge in [-0.15, -0.1) is 0 Å². The average Bonchev–Trinajstić information content (AvgIpc) is 2.29. The minimum absolute atomic E-state index is 0.164. The molecule has 1 aromatic heterocycles. The largest absolute Gasteiger partial charge is 0.478 e. The standard InChI is InChI=1S/C12H16N2O3/c1-12(4-2-6-17-8-12)14-10-7-9(11(15)16)3-5-13-10/h3,5,7H,2,4,6,8H2,1H3,(H,13,14)(H,15,16). The second kappa shape index (κ2) is 4.71. The molecule has 1 aromatic rings. The number of hydrogen-bond acceptors (Lipinski definition) is 4. The molecule has 0 aromatic carbocycles. The van der Waals surface area contributed by atoms with E-state index in [1.54, 1.807) is 6.07 Å². The molecule has 92 valence electrons. The van der Waals surface area contributed by atoms with Crippen molar-refractivity contribution in [1.29, 1.82) is 0 Å². The maximum atomic E-state index is 10.8. The molecule has 5 nitrogen and oxygen atoms in total. The van der Waals surface area contributed by atoms with Gasteiger partial charge in [0.2, 0.25) is 0 Å². The fraction of sp³-hybridized carbons (Fsp3) is 0.500. The van der Waals surface area contributed by atoms with Gasteiger partial charge in [-0.25, -0.2) is 9.78 Å². The number of aromatic carboxylic acids is 1. The van der Waals surface area contributed by atoms with Gasteiger partial charge < -0.3 is 15.2 Å². The van der Waals surface area contributed by atoms with Gasteiger partial charge in [0, 0.05) is 12.8 Å². The Morgan fingerprint density at radius 2 is 2.47 bits per heavy atom. The number of carboxylic acid groups (broad SMARTS) is 1. The van der Waals surface area contributed by atoms with Gasteiger partial charge in [0.05, 0.1) is 17.7 Å². The van der Waals surface area contributed by atoms with Crippen LogP contribution in [0.1, 0.15) is 30.1 Å². The Hall–Kier alpha value is -1.62. The summed E-state index contributed by atoms with van der Waals surface area (Å²) in [7, 11) is 0. The Balaban J connectivity index is 2.12. The van der Waals surface area contributed by atoms with Crippen LogP contribution in [0.15, 0.2) is 18.3 Å². The van der Waals surface area contributed by atoms with Gasteiger partial charge in [0.1, 0.15) is 5.82 Å². The number of hydrogen-bond donors (Lipinski definition) is 2. The molecule has 0 bridgehead atoms. The zero-order valence-corrected chi connectivity index (χ0v) is 9.77. The van der Waals surface area contributed by atoms with E-state index in [-0.39, 0.29) is 11.1 Å². The third kappa shape index (κ3) is 2.94. The third-order valence-corrected chi connectivity index (χ3v) is 2.87. The number of rotatable bonds is 3. The summed E-state index contributed by atoms with van der Waals surface area (Å²) in [5, 5.41) is 12.2. The van der Waals surface area contributed by atoms with Crippen molar-refractivity contribution in [3.05, 3.63) is 23.9 Å². The molecule has 0 aliphatic carbocycles. The molecule has 2 heterocycles. The van der Waals surface area contributed by atoms with E-state index in [1.807, 2.05) is 0 Å². The van der Waals surface area contributed by atoms with Crippen LogP contribution in [0.3, 0.4) is 0 Å². The van der Waals surface area contributed by atoms with E-state index in [4.69, 9.17) is 9.84 Å². The van der Waals surface area contributed by atoms with Crippen molar-refractivity contribution in [2.75, 3.05) is 18.5 Å². The van der Waals surface area contributed by atoms with Crippen LogP contribution in [0.2, 0.25) is 0 Å². The molecule has 0 radical (unpaired) electrons. The molecule has 1 aliphatic rings. The monoisotopic (exact) mass is 236 g/mol. The number of nitrogens with zero attached hydrogens (tertiary/aromatic N) is 1. The van der Waals surface area contributed by atoms with Crippen LogP contribution in [0.5, 0.6) is 0 Å². The van der Waals surface area contributed by atoms with E-state index in [0.29, 0.717) is 12.4 Å². The number of pyridine rings is 1. The Morgan fingerprint density at radius 1 is 1.65 bits per heavy atom. The highest BCUT2D eigenvalue weighted by molar-refractivity contribution is 5.88. The molecule has 5 heteroatoms. The lowest BCUT2D eigenvalue weighted by Gasteiger charge is -2.34. The molecule has 17 heavy (non-hydrogen) atoms. The molecule has 1 aliphatic heterocycles. The molecule has 0 amide bonds. The summed E-state index contributed by atoms with van der Waals surface area (Å²) in [5.74, 6) is -0.363. The van der Waals surface area contributed by atoms with Gasteiger partial charge in [0.25, 0.3) is 0 Å². The Kier molecular flexibility index (Phi) is 3.28. The number of nitrogens with one attached hydrogen (secondary N) is 1. The second-order valence-corrected chi connectivity index (χ2v) is 4.58. The molecular weight excluding hydrogens is 220 g/mol. The van der Waals surface area contributed by atoms with Gasteiger partial charge in [-0.05, 0) is 31.9 Å². The Bertz CT molecular complexity index is 414. The molecule has 1 atom stereocenters. The normalized spacial score (nSPS) is 24.3. The summed E-state index contributed by atoms with van der Waals surface area (Å²) >= 11 is 0. The first kappa shape index (κ1) is 11.9. The van der Waals surface area contributed by atoms with E-state index in [2.05, 4.69) is 17.2 Å². The topological polar surface area (TPSA) is 71.5 Å². The van der Waals surface area contributed by atoms with E-state index in [1.165, 1.54) is 12.3 Å². The van der Waals surface area contributed by atoms with Crippen molar-refractivity contribution in [2.45, 2.75) is 25.3 Å². The first-order valence-corrected chi connectivity index (χ1v) is 5.64. The Labute approximate surface area is 99.8 Å². The van der Waals surface area contributed by atoms with Crippen LogP contribution in [-0.2, 0) is 4.74 Å². The second-order valence-electron chi connectivity index (χ2n) is 4.58. The maximum Gasteiger partial charge on any atom is 0.335 e. The lowest BCUT2D eigenvalue weighted by Crippen LogP contribution is -2.43. The summed E-state index contributed by atoms with van der Waals surface area (Å²) in [6.07, 6.45) is 3.49. The number of ether oxygens (including phenoxy) is 1. The zero-order chi connectivity index (χ0) is 12.3. The summed E-state index contributed by atoms with van der Waals surface area (Å²) in [6.45, 7) is 3.47. The highest BCUT2D eigenvalue weighted by atomic mass is 16.5. The van der Waals surface area contributed by atoms with Crippen LogP contribution >= 0.6 is 0 Å². The predicted octanol–water partition coefficient (Wildman–Crippen LogP) is 1.76. The minimum Gasteiger partial charge on any atom is -0.478 e. The summed E-state index contributed by atoms with van der Waals surface area (Å²) in [4.78, 5) is 15.0. The highest BCUT2D eigenvalue weighted by Gasteiger charge is 2.27. The van der Waals surface area contributed by atoms with Gasteiger partial charge in [0.15, 0.2) is 0 Å². The van der Waals surface area contributed by atoms with Crippen LogP contribution in [0.4, 0.5) is 5.82 Å². The lowest BCUT2D eigenvalue weighted by molar-refractivity contribution is 0.0539. The lowest BCUT2D eigenvalue weighted by atomic mass is 9.95. The van der Waals surface area contributed by atoms with Crippen molar-refractivity contribution in [2.24, 2.45) is 0 Å². The SMILES string of the molecule is CC1(Nc2cc(C(=O)O)ccn2)CCCOC1. The third-order valence-electron chi connectivity index (χ3n) is 2.87. The number of carbonyl (C=O) groups is 1. The molecule has 2 N–H and O–H groups in total. The highest BCUT2D eigenvalue weighted by Crippen LogP contribution is 2.23.